The van der Waals surface area contributed by atoms with Gasteiger partial charge in [-0.3, -0.25) is 0 Å². The van der Waals surface area contributed by atoms with E-state index < -0.39 is 10.0 Å². The maximum atomic E-state index is 12.8. The Kier molecular flexibility index (Phi) is 3.25. The van der Waals surface area contributed by atoms with Gasteiger partial charge in [-0.25, -0.2) is 12.4 Å². The van der Waals surface area contributed by atoms with Crippen LogP contribution in [0.25, 0.3) is 10.9 Å². The summed E-state index contributed by atoms with van der Waals surface area (Å²) in [7, 11) is -3.69. The number of benzene rings is 2. The van der Waals surface area contributed by atoms with Crippen LogP contribution >= 0.6 is 0 Å². The molecule has 5 heteroatoms. The minimum atomic E-state index is -3.69. The lowest BCUT2D eigenvalue weighted by Gasteiger charge is -2.11. The Hall–Kier alpha value is -2.27. The SMILES string of the molecule is Cc1ccc(S(=O)(=O)n2ccc3c(O)c(C)cc(C)c32)cc1. The molecule has 1 N–H and O–H groups in total. The molecule has 22 heavy (non-hydrogen) atoms. The van der Waals surface area contributed by atoms with Gasteiger partial charge < -0.3 is 5.11 Å². The Morgan fingerprint density at radius 1 is 0.955 bits per heavy atom. The maximum Gasteiger partial charge on any atom is 0.268 e. The van der Waals surface area contributed by atoms with Crippen molar-refractivity contribution in [3.05, 3.63) is 59.3 Å². The van der Waals surface area contributed by atoms with Crippen LogP contribution in [0.2, 0.25) is 0 Å². The highest BCUT2D eigenvalue weighted by Crippen LogP contribution is 2.33. The Morgan fingerprint density at radius 3 is 2.23 bits per heavy atom. The van der Waals surface area contributed by atoms with Crippen LogP contribution in [0.4, 0.5) is 0 Å². The number of phenols is 1. The smallest absolute Gasteiger partial charge is 0.268 e. The minimum absolute atomic E-state index is 0.124. The third kappa shape index (κ3) is 2.09. The van der Waals surface area contributed by atoms with Crippen molar-refractivity contribution in [2.75, 3.05) is 0 Å². The van der Waals surface area contributed by atoms with Crippen LogP contribution in [0.1, 0.15) is 16.7 Å². The third-order valence-corrected chi connectivity index (χ3v) is 5.56. The van der Waals surface area contributed by atoms with Gasteiger partial charge >= 0.3 is 0 Å². The third-order valence-electron chi connectivity index (χ3n) is 3.87. The van der Waals surface area contributed by atoms with E-state index in [1.165, 1.54) is 10.2 Å². The molecule has 4 nitrogen and oxygen atoms in total. The predicted octanol–water partition coefficient (Wildman–Crippen LogP) is 3.51. The molecule has 0 fully saturated rings. The number of hydrogen-bond acceptors (Lipinski definition) is 3. The summed E-state index contributed by atoms with van der Waals surface area (Å²) < 4.78 is 26.9. The average Bonchev–Trinajstić information content (AvgIpc) is 2.91. The number of nitrogens with zero attached hydrogens (tertiary/aromatic N) is 1. The summed E-state index contributed by atoms with van der Waals surface area (Å²) in [5.74, 6) is 0.124. The summed E-state index contributed by atoms with van der Waals surface area (Å²) in [6.45, 7) is 5.55. The molecule has 0 amide bonds. The van der Waals surface area contributed by atoms with Crippen LogP contribution in [0.15, 0.2) is 47.5 Å². The zero-order chi connectivity index (χ0) is 16.1. The van der Waals surface area contributed by atoms with Gasteiger partial charge in [-0.05, 0) is 50.1 Å². The predicted molar refractivity (Wildman–Crippen MR) is 86.8 cm³/mol. The molecule has 0 saturated heterocycles. The van der Waals surface area contributed by atoms with Crippen LogP contribution in [-0.2, 0) is 10.0 Å². The number of aromatic nitrogens is 1. The number of fused-ring (bicyclic) bond motifs is 1. The molecule has 0 radical (unpaired) electrons. The molecule has 0 bridgehead atoms. The van der Waals surface area contributed by atoms with Gasteiger partial charge in [0, 0.05) is 11.6 Å². The zero-order valence-electron chi connectivity index (χ0n) is 12.7. The molecular weight excluding hydrogens is 298 g/mol. The van der Waals surface area contributed by atoms with Crippen molar-refractivity contribution in [1.29, 1.82) is 0 Å². The number of hydrogen-bond donors (Lipinski definition) is 1. The first-order valence-electron chi connectivity index (χ1n) is 6.95. The highest BCUT2D eigenvalue weighted by Gasteiger charge is 2.21. The highest BCUT2D eigenvalue weighted by atomic mass is 32.2. The van der Waals surface area contributed by atoms with E-state index in [1.807, 2.05) is 13.8 Å². The van der Waals surface area contributed by atoms with Crippen molar-refractivity contribution in [2.24, 2.45) is 0 Å². The molecule has 0 unspecified atom stereocenters. The van der Waals surface area contributed by atoms with Gasteiger partial charge in [0.1, 0.15) is 5.75 Å². The van der Waals surface area contributed by atoms with Gasteiger partial charge in [-0.15, -0.1) is 0 Å². The Balaban J connectivity index is 2.31. The van der Waals surface area contributed by atoms with E-state index in [2.05, 4.69) is 0 Å². The van der Waals surface area contributed by atoms with Gasteiger partial charge in [0.2, 0.25) is 0 Å². The average molecular weight is 315 g/mol. The molecule has 2 aromatic carbocycles. The normalized spacial score (nSPS) is 12.0. The molecule has 3 rings (SSSR count). The molecule has 0 saturated carbocycles. The lowest BCUT2D eigenvalue weighted by atomic mass is 10.1. The molecular formula is C17H17NO3S. The van der Waals surface area contributed by atoms with Crippen LogP contribution in [0.5, 0.6) is 5.75 Å². The highest BCUT2D eigenvalue weighted by molar-refractivity contribution is 7.90. The second kappa shape index (κ2) is 4.88. The molecule has 0 spiro atoms. The summed E-state index contributed by atoms with van der Waals surface area (Å²) >= 11 is 0. The molecule has 1 heterocycles. The maximum absolute atomic E-state index is 12.8. The van der Waals surface area contributed by atoms with Crippen LogP contribution in [0.3, 0.4) is 0 Å². The molecule has 0 atom stereocenters. The molecule has 114 valence electrons. The minimum Gasteiger partial charge on any atom is -0.507 e. The van der Waals surface area contributed by atoms with Crippen LogP contribution in [0, 0.1) is 20.8 Å². The van der Waals surface area contributed by atoms with Crippen molar-refractivity contribution in [3.63, 3.8) is 0 Å². The van der Waals surface area contributed by atoms with Crippen LogP contribution in [-0.4, -0.2) is 17.5 Å². The quantitative estimate of drug-likeness (QED) is 0.787. The van der Waals surface area contributed by atoms with Crippen molar-refractivity contribution in [2.45, 2.75) is 25.7 Å². The first kappa shape index (κ1) is 14.7. The van der Waals surface area contributed by atoms with Gasteiger partial charge in [0.25, 0.3) is 10.0 Å². The number of rotatable bonds is 2. The van der Waals surface area contributed by atoms with Crippen molar-refractivity contribution in [1.82, 2.24) is 3.97 Å². The van der Waals surface area contributed by atoms with E-state index in [1.54, 1.807) is 43.3 Å². The monoisotopic (exact) mass is 315 g/mol. The Bertz CT molecular complexity index is 967. The van der Waals surface area contributed by atoms with E-state index in [0.717, 1.165) is 16.7 Å². The fourth-order valence-electron chi connectivity index (χ4n) is 2.69. The summed E-state index contributed by atoms with van der Waals surface area (Å²) in [6, 6.07) is 10.2. The summed E-state index contributed by atoms with van der Waals surface area (Å²) in [6.07, 6.45) is 1.49. The fraction of sp³-hybridized carbons (Fsp3) is 0.176. The second-order valence-electron chi connectivity index (χ2n) is 5.55. The first-order valence-corrected chi connectivity index (χ1v) is 8.39. The Morgan fingerprint density at radius 2 is 1.59 bits per heavy atom. The molecule has 0 aliphatic carbocycles. The van der Waals surface area contributed by atoms with E-state index >= 15 is 0 Å². The van der Waals surface area contributed by atoms with E-state index in [4.69, 9.17) is 0 Å². The van der Waals surface area contributed by atoms with Crippen molar-refractivity contribution in [3.8, 4) is 5.75 Å². The lowest BCUT2D eigenvalue weighted by Crippen LogP contribution is -2.12. The van der Waals surface area contributed by atoms with Crippen molar-refractivity contribution >= 4 is 20.9 Å². The topological polar surface area (TPSA) is 59.3 Å². The number of phenolic OH excluding ortho intramolecular Hbond substituents is 1. The molecule has 1 aromatic heterocycles. The van der Waals surface area contributed by atoms with Crippen LogP contribution < -0.4 is 0 Å². The summed E-state index contributed by atoms with van der Waals surface area (Å²) in [5.41, 5.74) is 3.06. The zero-order valence-corrected chi connectivity index (χ0v) is 13.5. The second-order valence-corrected chi connectivity index (χ2v) is 7.37. The van der Waals surface area contributed by atoms with E-state index in [-0.39, 0.29) is 10.6 Å². The Labute approximate surface area is 129 Å². The standard InChI is InChI=1S/C17H17NO3S/c1-11-4-6-14(7-5-11)22(20,21)18-9-8-15-16(18)12(2)10-13(3)17(15)19/h4-10,19H,1-3H3. The van der Waals surface area contributed by atoms with Gasteiger partial charge in [-0.2, -0.15) is 0 Å². The molecule has 0 aliphatic heterocycles. The van der Waals surface area contributed by atoms with Gasteiger partial charge in [-0.1, -0.05) is 23.8 Å². The summed E-state index contributed by atoms with van der Waals surface area (Å²) in [5, 5.41) is 10.7. The van der Waals surface area contributed by atoms with E-state index in [9.17, 15) is 13.5 Å². The van der Waals surface area contributed by atoms with Gasteiger partial charge in [0.15, 0.2) is 0 Å². The van der Waals surface area contributed by atoms with Crippen molar-refractivity contribution < 1.29 is 13.5 Å². The molecule has 0 aliphatic rings. The molecule has 3 aromatic rings. The van der Waals surface area contributed by atoms with E-state index in [0.29, 0.717) is 10.9 Å². The number of aromatic hydroxyl groups is 1. The lowest BCUT2D eigenvalue weighted by molar-refractivity contribution is 0.477. The first-order chi connectivity index (χ1) is 10.3. The summed E-state index contributed by atoms with van der Waals surface area (Å²) in [4.78, 5) is 0.232. The largest absolute Gasteiger partial charge is 0.507 e. The number of aryl methyl sites for hydroxylation is 3. The fourth-order valence-corrected chi connectivity index (χ4v) is 4.10. The van der Waals surface area contributed by atoms with Gasteiger partial charge in [0.05, 0.1) is 10.4 Å².